The molecule has 0 bridgehead atoms. The Kier molecular flexibility index (Phi) is 1.31. The Morgan fingerprint density at radius 2 is 1.77 bits per heavy atom. The van der Waals surface area contributed by atoms with Gasteiger partial charge >= 0.3 is 0 Å². The van der Waals surface area contributed by atoms with Crippen LogP contribution >= 0.6 is 11.3 Å². The number of aromatic nitrogens is 3. The lowest BCUT2D eigenvalue weighted by molar-refractivity contribution is 1.31. The summed E-state index contributed by atoms with van der Waals surface area (Å²) in [6.07, 6.45) is 5.18. The van der Waals surface area contributed by atoms with Crippen LogP contribution in [-0.4, -0.2) is 15.0 Å². The fourth-order valence-corrected chi connectivity index (χ4v) is 2.28. The van der Waals surface area contributed by atoms with Crippen molar-refractivity contribution in [3.63, 3.8) is 0 Å². The summed E-state index contributed by atoms with van der Waals surface area (Å²) in [7, 11) is 0. The van der Waals surface area contributed by atoms with Gasteiger partial charge in [0.25, 0.3) is 0 Å². The van der Waals surface area contributed by atoms with Gasteiger partial charge in [-0.3, -0.25) is 4.98 Å². The third-order valence-electron chi connectivity index (χ3n) is 1.87. The third kappa shape index (κ3) is 0.922. The van der Waals surface area contributed by atoms with E-state index >= 15 is 0 Å². The maximum Gasteiger partial charge on any atom is 0.144 e. The van der Waals surface area contributed by atoms with Gasteiger partial charge < -0.3 is 0 Å². The number of hydrogen-bond donors (Lipinski definition) is 0. The molecule has 0 atom stereocenters. The highest BCUT2D eigenvalue weighted by atomic mass is 32.1. The monoisotopic (exact) mass is 187 g/mol. The predicted octanol–water partition coefficient (Wildman–Crippen LogP) is 2.24. The van der Waals surface area contributed by atoms with Crippen LogP contribution in [0.25, 0.3) is 20.6 Å². The molecule has 0 amide bonds. The minimum absolute atomic E-state index is 0.906. The van der Waals surface area contributed by atoms with Crippen LogP contribution in [0.4, 0.5) is 0 Å². The van der Waals surface area contributed by atoms with Crippen LogP contribution in [0.5, 0.6) is 0 Å². The first-order valence-electron chi connectivity index (χ1n) is 3.89. The van der Waals surface area contributed by atoms with E-state index in [1.807, 2.05) is 12.1 Å². The molecule has 0 aliphatic carbocycles. The predicted molar refractivity (Wildman–Crippen MR) is 52.7 cm³/mol. The van der Waals surface area contributed by atoms with E-state index < -0.39 is 0 Å². The van der Waals surface area contributed by atoms with Crippen molar-refractivity contribution in [2.75, 3.05) is 0 Å². The van der Waals surface area contributed by atoms with Crippen LogP contribution in [0.1, 0.15) is 0 Å². The number of fused-ring (bicyclic) bond motifs is 3. The lowest BCUT2D eigenvalue weighted by Crippen LogP contribution is -1.77. The average Bonchev–Trinajstić information content (AvgIpc) is 2.56. The summed E-state index contributed by atoms with van der Waals surface area (Å²) in [4.78, 5) is 13.7. The highest BCUT2D eigenvalue weighted by Gasteiger charge is 2.05. The van der Waals surface area contributed by atoms with E-state index in [2.05, 4.69) is 15.0 Å². The maximum absolute atomic E-state index is 4.28. The van der Waals surface area contributed by atoms with Gasteiger partial charge in [-0.25, -0.2) is 9.97 Å². The zero-order valence-electron chi connectivity index (χ0n) is 6.64. The molecule has 13 heavy (non-hydrogen) atoms. The average molecular weight is 187 g/mol. The molecule has 0 saturated carbocycles. The molecule has 3 heterocycles. The Hall–Kier alpha value is -1.55. The second-order valence-corrected chi connectivity index (χ2v) is 3.69. The van der Waals surface area contributed by atoms with Gasteiger partial charge in [0.05, 0.1) is 4.70 Å². The van der Waals surface area contributed by atoms with Gasteiger partial charge in [-0.1, -0.05) is 0 Å². The minimum Gasteiger partial charge on any atom is -0.253 e. The zero-order valence-corrected chi connectivity index (χ0v) is 7.45. The Balaban J connectivity index is 2.64. The van der Waals surface area contributed by atoms with Gasteiger partial charge in [0, 0.05) is 18.6 Å². The second kappa shape index (κ2) is 2.47. The summed E-state index contributed by atoms with van der Waals surface area (Å²) >= 11 is 1.63. The Morgan fingerprint density at radius 3 is 2.77 bits per heavy atom. The van der Waals surface area contributed by atoms with E-state index in [1.165, 1.54) is 0 Å². The Morgan fingerprint density at radius 1 is 0.923 bits per heavy atom. The number of rotatable bonds is 0. The molecule has 0 N–H and O–H groups in total. The van der Waals surface area contributed by atoms with Gasteiger partial charge in [-0.2, -0.15) is 0 Å². The SMILES string of the molecule is c1cnc2c(c1)sc1nccnc12. The summed E-state index contributed by atoms with van der Waals surface area (Å²) < 4.78 is 1.14. The molecule has 0 saturated heterocycles. The smallest absolute Gasteiger partial charge is 0.144 e. The van der Waals surface area contributed by atoms with Crippen molar-refractivity contribution in [3.05, 3.63) is 30.7 Å². The summed E-state index contributed by atoms with van der Waals surface area (Å²) in [5.74, 6) is 0. The molecule has 3 aromatic heterocycles. The highest BCUT2D eigenvalue weighted by Crippen LogP contribution is 2.28. The molecule has 0 aromatic carbocycles. The van der Waals surface area contributed by atoms with E-state index in [4.69, 9.17) is 0 Å². The molecular formula is C9H5N3S. The largest absolute Gasteiger partial charge is 0.253 e. The van der Waals surface area contributed by atoms with E-state index in [0.29, 0.717) is 0 Å². The number of thiophene rings is 1. The first-order valence-corrected chi connectivity index (χ1v) is 4.71. The van der Waals surface area contributed by atoms with Crippen molar-refractivity contribution >= 4 is 31.9 Å². The van der Waals surface area contributed by atoms with Crippen LogP contribution in [0, 0.1) is 0 Å². The fourth-order valence-electron chi connectivity index (χ4n) is 1.32. The maximum atomic E-state index is 4.28. The highest BCUT2D eigenvalue weighted by molar-refractivity contribution is 7.25. The third-order valence-corrected chi connectivity index (χ3v) is 2.91. The molecule has 0 unspecified atom stereocenters. The van der Waals surface area contributed by atoms with E-state index in [-0.39, 0.29) is 0 Å². The van der Waals surface area contributed by atoms with Crippen LogP contribution in [-0.2, 0) is 0 Å². The standard InChI is InChI=1S/C9H5N3S/c1-2-6-7(10-3-1)8-9(13-6)12-5-4-11-8/h1-5H. The molecule has 62 valence electrons. The number of nitrogens with zero attached hydrogens (tertiary/aromatic N) is 3. The topological polar surface area (TPSA) is 38.7 Å². The summed E-state index contributed by atoms with van der Waals surface area (Å²) in [5, 5.41) is 0. The van der Waals surface area contributed by atoms with Crippen LogP contribution < -0.4 is 0 Å². The van der Waals surface area contributed by atoms with Crippen molar-refractivity contribution < 1.29 is 0 Å². The van der Waals surface area contributed by atoms with Gasteiger partial charge in [0.1, 0.15) is 15.9 Å². The molecule has 3 rings (SSSR count). The lowest BCUT2D eigenvalue weighted by Gasteiger charge is -1.86. The summed E-state index contributed by atoms with van der Waals surface area (Å²) in [6, 6.07) is 3.97. The van der Waals surface area contributed by atoms with E-state index in [9.17, 15) is 0 Å². The normalized spacial score (nSPS) is 11.1. The summed E-state index contributed by atoms with van der Waals surface area (Å²) in [6.45, 7) is 0. The molecule has 3 nitrogen and oxygen atoms in total. The second-order valence-electron chi connectivity index (χ2n) is 2.66. The van der Waals surface area contributed by atoms with Crippen molar-refractivity contribution in [2.24, 2.45) is 0 Å². The molecule has 3 aromatic rings. The van der Waals surface area contributed by atoms with Crippen molar-refractivity contribution in [2.45, 2.75) is 0 Å². The van der Waals surface area contributed by atoms with Crippen molar-refractivity contribution in [1.29, 1.82) is 0 Å². The van der Waals surface area contributed by atoms with Gasteiger partial charge in [-0.15, -0.1) is 11.3 Å². The zero-order chi connectivity index (χ0) is 8.67. The first kappa shape index (κ1) is 6.91. The Bertz CT molecular complexity index is 523. The van der Waals surface area contributed by atoms with Crippen molar-refractivity contribution in [3.8, 4) is 0 Å². The Labute approximate surface area is 78.1 Å². The molecule has 0 fully saturated rings. The molecule has 0 spiro atoms. The quantitative estimate of drug-likeness (QED) is 0.541. The minimum atomic E-state index is 0.906. The van der Waals surface area contributed by atoms with E-state index in [1.54, 1.807) is 29.9 Å². The van der Waals surface area contributed by atoms with Crippen LogP contribution in [0.2, 0.25) is 0 Å². The van der Waals surface area contributed by atoms with Gasteiger partial charge in [0.2, 0.25) is 0 Å². The number of hydrogen-bond acceptors (Lipinski definition) is 4. The first-order chi connectivity index (χ1) is 6.45. The van der Waals surface area contributed by atoms with Crippen LogP contribution in [0.15, 0.2) is 30.7 Å². The van der Waals surface area contributed by atoms with Crippen molar-refractivity contribution in [1.82, 2.24) is 15.0 Å². The molecule has 0 aliphatic heterocycles. The number of pyridine rings is 1. The molecular weight excluding hydrogens is 182 g/mol. The molecule has 0 aliphatic rings. The summed E-state index contributed by atoms with van der Waals surface area (Å²) in [5.41, 5.74) is 1.86. The lowest BCUT2D eigenvalue weighted by atomic mass is 10.4. The van der Waals surface area contributed by atoms with Gasteiger partial charge in [0.15, 0.2) is 0 Å². The molecule has 0 radical (unpaired) electrons. The fraction of sp³-hybridized carbons (Fsp3) is 0. The van der Waals surface area contributed by atoms with E-state index in [0.717, 1.165) is 20.6 Å². The van der Waals surface area contributed by atoms with Crippen LogP contribution in [0.3, 0.4) is 0 Å². The molecule has 4 heteroatoms. The van der Waals surface area contributed by atoms with Gasteiger partial charge in [-0.05, 0) is 12.1 Å².